The van der Waals surface area contributed by atoms with Crippen LogP contribution in [0.15, 0.2) is 28.0 Å². The zero-order valence-corrected chi connectivity index (χ0v) is 28.6. The second-order valence-corrected chi connectivity index (χ2v) is 13.6. The summed E-state index contributed by atoms with van der Waals surface area (Å²) in [5.41, 5.74) is 3.35. The van der Waals surface area contributed by atoms with Crippen molar-refractivity contribution in [1.82, 2.24) is 40.8 Å². The first-order chi connectivity index (χ1) is 22.2. The van der Waals surface area contributed by atoms with Gasteiger partial charge in [-0.15, -0.1) is 11.3 Å². The molecule has 1 aliphatic heterocycles. The van der Waals surface area contributed by atoms with E-state index in [0.29, 0.717) is 21.6 Å². The molecule has 4 amide bonds. The van der Waals surface area contributed by atoms with Crippen LogP contribution in [0.2, 0.25) is 0 Å². The summed E-state index contributed by atoms with van der Waals surface area (Å²) in [5.74, 6) is -1.47. The van der Waals surface area contributed by atoms with E-state index in [1.807, 2.05) is 41.5 Å². The summed E-state index contributed by atoms with van der Waals surface area (Å²) in [6.07, 6.45) is 0. The number of rotatable bonds is 3. The van der Waals surface area contributed by atoms with Gasteiger partial charge >= 0.3 is 0 Å². The zero-order valence-electron chi connectivity index (χ0n) is 27.8. The number of nitrogens with zero attached hydrogens (tertiary/aromatic N) is 5. The maximum absolute atomic E-state index is 14.0. The largest absolute Gasteiger partial charge is 0.443 e. The van der Waals surface area contributed by atoms with E-state index in [2.05, 4.69) is 35.9 Å². The summed E-state index contributed by atoms with van der Waals surface area (Å²) in [5, 5.41) is 11.1. The number of aryl methyl sites for hydroxylation is 3. The average Bonchev–Trinajstić information content (AvgIpc) is 3.64. The van der Waals surface area contributed by atoms with Crippen LogP contribution >= 0.6 is 11.3 Å². The fraction of sp³-hybridized carbons (Fsp3) is 0.455. The Balaban J connectivity index is 1.53. The number of hydrogen-bond acceptors (Lipinski definition) is 10. The lowest BCUT2D eigenvalue weighted by Gasteiger charge is -2.28. The molecule has 4 heterocycles. The van der Waals surface area contributed by atoms with Crippen molar-refractivity contribution in [3.05, 3.63) is 68.6 Å². The highest BCUT2D eigenvalue weighted by molar-refractivity contribution is 7.09. The van der Waals surface area contributed by atoms with Gasteiger partial charge in [-0.1, -0.05) is 27.7 Å². The first kappa shape index (κ1) is 33.6. The topological polar surface area (TPSA) is 172 Å². The molecule has 248 valence electrons. The van der Waals surface area contributed by atoms with Gasteiger partial charge in [-0.3, -0.25) is 19.2 Å². The van der Waals surface area contributed by atoms with Crippen molar-refractivity contribution >= 4 is 46.0 Å². The molecule has 3 aromatic heterocycles. The molecule has 0 fully saturated rings. The highest BCUT2D eigenvalue weighted by Gasteiger charge is 2.31. The number of carbonyl (C=O) groups excluding carboxylic acids is 4. The molecule has 1 aliphatic rings. The Labute approximate surface area is 277 Å². The quantitative estimate of drug-likeness (QED) is 0.291. The zero-order chi connectivity index (χ0) is 34.2. The van der Waals surface area contributed by atoms with Gasteiger partial charge in [0.2, 0.25) is 11.8 Å². The standard InChI is InChI=1S/C33H40N8O5S/c1-15(2)26-31-40-28(20(8)46-31)30(44)34-17(5)12-41(33(45)21-9-10-22-23(11-21)36-19(7)18(6)35-22)13-25(42)38-27(16(3)4)32-37-24(14-47-32)29(43)39-26/h9-11,14-17,26-27H,12-13H2,1-8H3,(H,34,44)(H,38,42)(H,39,43)/t17-,26-,27+/m1/s1. The van der Waals surface area contributed by atoms with Crippen LogP contribution in [-0.2, 0) is 4.79 Å². The highest BCUT2D eigenvalue weighted by atomic mass is 32.1. The SMILES string of the molecule is Cc1nc2ccc(C(=O)N3CC(=O)N[C@@H](C(C)C)c4nc(cs4)C(=O)N[C@H](C(C)C)c4nc(c(C)o4)C(=O)N[C@H](C)C3)cc2nc1C. The van der Waals surface area contributed by atoms with Crippen LogP contribution < -0.4 is 16.0 Å². The summed E-state index contributed by atoms with van der Waals surface area (Å²) in [4.78, 5) is 73.9. The van der Waals surface area contributed by atoms with Crippen LogP contribution in [-0.4, -0.2) is 67.6 Å². The van der Waals surface area contributed by atoms with Crippen molar-refractivity contribution in [2.45, 2.75) is 73.5 Å². The fourth-order valence-corrected chi connectivity index (χ4v) is 6.38. The Morgan fingerprint density at radius 1 is 0.894 bits per heavy atom. The van der Waals surface area contributed by atoms with Crippen molar-refractivity contribution in [3.63, 3.8) is 0 Å². The lowest BCUT2D eigenvalue weighted by atomic mass is 10.0. The molecule has 0 unspecified atom stereocenters. The molecule has 1 aromatic carbocycles. The number of amides is 4. The van der Waals surface area contributed by atoms with Gasteiger partial charge in [0, 0.05) is 23.5 Å². The molecule has 4 bridgehead atoms. The third kappa shape index (κ3) is 7.32. The molecule has 0 spiro atoms. The number of aromatic nitrogens is 4. The summed E-state index contributed by atoms with van der Waals surface area (Å²) in [7, 11) is 0. The molecule has 4 aromatic rings. The average molecular weight is 661 g/mol. The number of oxazole rings is 1. The van der Waals surface area contributed by atoms with Crippen LogP contribution in [0.4, 0.5) is 0 Å². The van der Waals surface area contributed by atoms with E-state index in [0.717, 1.165) is 11.4 Å². The van der Waals surface area contributed by atoms with Crippen molar-refractivity contribution < 1.29 is 23.6 Å². The van der Waals surface area contributed by atoms with Crippen LogP contribution in [0.25, 0.3) is 11.0 Å². The maximum Gasteiger partial charge on any atom is 0.273 e. The first-order valence-electron chi connectivity index (χ1n) is 15.6. The van der Waals surface area contributed by atoms with Gasteiger partial charge in [-0.05, 0) is 57.7 Å². The third-order valence-electron chi connectivity index (χ3n) is 8.07. The third-order valence-corrected chi connectivity index (χ3v) is 8.99. The number of nitrogens with one attached hydrogen (secondary N) is 3. The van der Waals surface area contributed by atoms with Gasteiger partial charge in [0.1, 0.15) is 22.5 Å². The molecule has 0 radical (unpaired) electrons. The number of hydrogen-bond donors (Lipinski definition) is 3. The van der Waals surface area contributed by atoms with E-state index in [9.17, 15) is 19.2 Å². The summed E-state index contributed by atoms with van der Waals surface area (Å²) < 4.78 is 5.89. The molecule has 14 heteroatoms. The van der Waals surface area contributed by atoms with E-state index in [-0.39, 0.29) is 48.0 Å². The number of fused-ring (bicyclic) bond motifs is 5. The smallest absolute Gasteiger partial charge is 0.273 e. The Morgan fingerprint density at radius 3 is 2.26 bits per heavy atom. The van der Waals surface area contributed by atoms with Gasteiger partial charge in [0.25, 0.3) is 17.7 Å². The number of benzene rings is 1. The molecular weight excluding hydrogens is 620 g/mol. The molecule has 0 saturated heterocycles. The highest BCUT2D eigenvalue weighted by Crippen LogP contribution is 2.28. The van der Waals surface area contributed by atoms with E-state index in [4.69, 9.17) is 4.42 Å². The van der Waals surface area contributed by atoms with Gasteiger partial charge in [0.15, 0.2) is 5.69 Å². The van der Waals surface area contributed by atoms with E-state index >= 15 is 0 Å². The second-order valence-electron chi connectivity index (χ2n) is 12.7. The normalized spacial score (nSPS) is 19.7. The summed E-state index contributed by atoms with van der Waals surface area (Å²) >= 11 is 1.27. The second kappa shape index (κ2) is 13.6. The molecule has 13 nitrogen and oxygen atoms in total. The first-order valence-corrected chi connectivity index (χ1v) is 16.5. The number of carbonyl (C=O) groups is 4. The molecule has 0 aliphatic carbocycles. The van der Waals surface area contributed by atoms with Gasteiger partial charge in [0.05, 0.1) is 35.0 Å². The minimum atomic E-state index is -0.628. The number of thiazole rings is 1. The minimum Gasteiger partial charge on any atom is -0.443 e. The summed E-state index contributed by atoms with van der Waals surface area (Å²) in [6.45, 7) is 14.5. The van der Waals surface area contributed by atoms with Crippen molar-refractivity contribution in [3.8, 4) is 0 Å². The van der Waals surface area contributed by atoms with Gasteiger partial charge in [-0.2, -0.15) is 0 Å². The lowest BCUT2D eigenvalue weighted by Crippen LogP contribution is -2.48. The van der Waals surface area contributed by atoms with Gasteiger partial charge < -0.3 is 25.3 Å². The maximum atomic E-state index is 14.0. The molecule has 3 atom stereocenters. The van der Waals surface area contributed by atoms with Gasteiger partial charge in [-0.25, -0.2) is 19.9 Å². The molecule has 5 rings (SSSR count). The van der Waals surface area contributed by atoms with Crippen LogP contribution in [0.1, 0.15) is 106 Å². The minimum absolute atomic E-state index is 0.0246. The monoisotopic (exact) mass is 660 g/mol. The van der Waals surface area contributed by atoms with Crippen LogP contribution in [0.5, 0.6) is 0 Å². The molecular formula is C33H40N8O5S. The Bertz CT molecular complexity index is 1850. The molecule has 47 heavy (non-hydrogen) atoms. The Hall–Kier alpha value is -4.72. The molecule has 0 saturated carbocycles. The van der Waals surface area contributed by atoms with E-state index in [1.54, 1.807) is 37.4 Å². The predicted octanol–water partition coefficient (Wildman–Crippen LogP) is 4.21. The Kier molecular flexibility index (Phi) is 9.70. The predicted molar refractivity (Wildman–Crippen MR) is 176 cm³/mol. The molecule has 3 N–H and O–H groups in total. The van der Waals surface area contributed by atoms with Crippen molar-refractivity contribution in [1.29, 1.82) is 0 Å². The summed E-state index contributed by atoms with van der Waals surface area (Å²) in [6, 6.07) is 3.33. The van der Waals surface area contributed by atoms with Crippen molar-refractivity contribution in [2.24, 2.45) is 11.8 Å². The van der Waals surface area contributed by atoms with Crippen LogP contribution in [0.3, 0.4) is 0 Å². The van der Waals surface area contributed by atoms with Crippen LogP contribution in [0, 0.1) is 32.6 Å². The lowest BCUT2D eigenvalue weighted by molar-refractivity contribution is -0.122. The fourth-order valence-electron chi connectivity index (χ4n) is 5.36. The van der Waals surface area contributed by atoms with Crippen molar-refractivity contribution in [2.75, 3.05) is 13.1 Å². The van der Waals surface area contributed by atoms with E-state index < -0.39 is 41.8 Å². The Morgan fingerprint density at radius 2 is 1.57 bits per heavy atom. The van der Waals surface area contributed by atoms with E-state index in [1.165, 1.54) is 16.2 Å².